The summed E-state index contributed by atoms with van der Waals surface area (Å²) in [6.45, 7) is 4.10. The smallest absolute Gasteiger partial charge is 0.341 e. The van der Waals surface area contributed by atoms with Gasteiger partial charge in [-0.2, -0.15) is 0 Å². The molecule has 2 amide bonds. The Balaban J connectivity index is 1.47. The van der Waals surface area contributed by atoms with Crippen molar-refractivity contribution in [1.29, 1.82) is 0 Å². The van der Waals surface area contributed by atoms with E-state index >= 15 is 0 Å². The molecule has 1 saturated carbocycles. The fraction of sp³-hybridized carbons (Fsp3) is 0.567. The third kappa shape index (κ3) is 7.41. The second kappa shape index (κ2) is 14.2. The molecule has 1 atom stereocenters. The molecule has 1 aromatic carbocycles. The predicted molar refractivity (Wildman–Crippen MR) is 156 cm³/mol. The van der Waals surface area contributed by atoms with Crippen LogP contribution in [0.4, 0.5) is 10.7 Å². The van der Waals surface area contributed by atoms with Crippen LogP contribution in [0.1, 0.15) is 98.9 Å². The Kier molecular flexibility index (Phi) is 10.7. The molecule has 2 aliphatic rings. The molecule has 0 spiro atoms. The molecule has 1 fully saturated rings. The van der Waals surface area contributed by atoms with E-state index < -0.39 is 0 Å². The van der Waals surface area contributed by atoms with Gasteiger partial charge in [0.05, 0.1) is 17.4 Å². The van der Waals surface area contributed by atoms with Gasteiger partial charge in [-0.3, -0.25) is 9.59 Å². The van der Waals surface area contributed by atoms with Crippen LogP contribution in [0.2, 0.25) is 0 Å². The van der Waals surface area contributed by atoms with Crippen LogP contribution in [0.3, 0.4) is 0 Å². The van der Waals surface area contributed by atoms with Crippen molar-refractivity contribution in [2.45, 2.75) is 101 Å². The lowest BCUT2D eigenvalue weighted by molar-refractivity contribution is -0.120. The summed E-state index contributed by atoms with van der Waals surface area (Å²) in [6.07, 6.45) is 12.3. The normalized spacial score (nSPS) is 17.0. The van der Waals surface area contributed by atoms with Gasteiger partial charge in [-0.1, -0.05) is 45.1 Å². The molecule has 4 rings (SSSR count). The highest BCUT2D eigenvalue weighted by atomic mass is 32.2. The van der Waals surface area contributed by atoms with Gasteiger partial charge in [-0.15, -0.1) is 23.1 Å². The van der Waals surface area contributed by atoms with E-state index in [4.69, 9.17) is 4.74 Å². The van der Waals surface area contributed by atoms with E-state index in [9.17, 15) is 14.4 Å². The molecule has 2 N–H and O–H groups in total. The maximum Gasteiger partial charge on any atom is 0.341 e. The number of anilines is 2. The van der Waals surface area contributed by atoms with Crippen molar-refractivity contribution in [3.63, 3.8) is 0 Å². The number of amides is 2. The summed E-state index contributed by atoms with van der Waals surface area (Å²) in [5.74, 6) is -0.277. The number of hydrogen-bond donors (Lipinski definition) is 2. The minimum absolute atomic E-state index is 0.0908. The Bertz CT molecular complexity index is 1120. The molecular weight excluding hydrogens is 516 g/mol. The quantitative estimate of drug-likeness (QED) is 0.245. The molecule has 1 aromatic heterocycles. The Morgan fingerprint density at radius 2 is 1.74 bits per heavy atom. The first kappa shape index (κ1) is 28.7. The van der Waals surface area contributed by atoms with E-state index in [-0.39, 0.29) is 29.0 Å². The number of rotatable bonds is 9. The van der Waals surface area contributed by atoms with Gasteiger partial charge in [-0.25, -0.2) is 4.79 Å². The highest BCUT2D eigenvalue weighted by Crippen LogP contribution is 2.38. The van der Waals surface area contributed by atoms with Crippen LogP contribution in [0.25, 0.3) is 0 Å². The first-order valence-corrected chi connectivity index (χ1v) is 15.9. The number of ether oxygens (including phenoxy) is 1. The summed E-state index contributed by atoms with van der Waals surface area (Å²) in [4.78, 5) is 41.2. The molecule has 0 radical (unpaired) electrons. The number of aryl methyl sites for hydroxylation is 1. The third-order valence-corrected chi connectivity index (χ3v) is 9.97. The predicted octanol–water partition coefficient (Wildman–Crippen LogP) is 7.61. The third-order valence-electron chi connectivity index (χ3n) is 7.41. The van der Waals surface area contributed by atoms with Gasteiger partial charge in [0.15, 0.2) is 0 Å². The van der Waals surface area contributed by atoms with Crippen molar-refractivity contribution in [3.05, 3.63) is 40.3 Å². The molecule has 0 saturated heterocycles. The summed E-state index contributed by atoms with van der Waals surface area (Å²) in [6, 6.07) is 7.74. The molecule has 38 heavy (non-hydrogen) atoms. The van der Waals surface area contributed by atoms with E-state index in [2.05, 4.69) is 10.6 Å². The van der Waals surface area contributed by atoms with Crippen molar-refractivity contribution in [1.82, 2.24) is 0 Å². The Hall–Kier alpha value is -2.32. The number of fused-ring (bicyclic) bond motifs is 1. The lowest BCUT2D eigenvalue weighted by Crippen LogP contribution is -2.25. The number of hydrogen-bond acceptors (Lipinski definition) is 6. The van der Waals surface area contributed by atoms with Gasteiger partial charge in [0, 0.05) is 21.4 Å². The van der Waals surface area contributed by atoms with Crippen molar-refractivity contribution < 1.29 is 19.1 Å². The molecule has 1 heterocycles. The lowest BCUT2D eigenvalue weighted by Gasteiger charge is -2.21. The van der Waals surface area contributed by atoms with Crippen molar-refractivity contribution in [2.24, 2.45) is 5.92 Å². The molecule has 2 aliphatic carbocycles. The van der Waals surface area contributed by atoms with Crippen molar-refractivity contribution >= 4 is 51.6 Å². The Labute approximate surface area is 234 Å². The Morgan fingerprint density at radius 1 is 1.00 bits per heavy atom. The van der Waals surface area contributed by atoms with Gasteiger partial charge < -0.3 is 15.4 Å². The lowest BCUT2D eigenvalue weighted by atomic mass is 9.88. The van der Waals surface area contributed by atoms with Crippen LogP contribution in [-0.4, -0.2) is 29.6 Å². The summed E-state index contributed by atoms with van der Waals surface area (Å²) >= 11 is 3.02. The number of benzene rings is 1. The number of esters is 1. The summed E-state index contributed by atoms with van der Waals surface area (Å²) in [5.41, 5.74) is 2.38. The topological polar surface area (TPSA) is 84.5 Å². The molecular formula is C30H40N2O4S2. The average Bonchev–Trinajstić information content (AvgIpc) is 3.23. The van der Waals surface area contributed by atoms with E-state index in [0.29, 0.717) is 23.6 Å². The highest BCUT2D eigenvalue weighted by Gasteiger charge is 2.28. The van der Waals surface area contributed by atoms with Gasteiger partial charge in [-0.05, 0) is 75.6 Å². The second-order valence-electron chi connectivity index (χ2n) is 10.2. The number of carbonyl (C=O) groups excluding carboxylic acids is 3. The first-order chi connectivity index (χ1) is 18.5. The zero-order valence-corrected chi connectivity index (χ0v) is 24.2. The molecule has 6 nitrogen and oxygen atoms in total. The minimum atomic E-state index is -0.344. The van der Waals surface area contributed by atoms with Crippen molar-refractivity contribution in [2.75, 3.05) is 17.2 Å². The van der Waals surface area contributed by atoms with Crippen molar-refractivity contribution in [3.8, 4) is 0 Å². The van der Waals surface area contributed by atoms with Gasteiger partial charge in [0.1, 0.15) is 5.00 Å². The maximum atomic E-state index is 13.5. The SMILES string of the molecule is CCOC(=O)c1c(NC(=O)C(CC)Sc2cccc(NC(=O)C3CCCCC3)c2)sc2c1CCCCCC2. The van der Waals surface area contributed by atoms with E-state index in [1.54, 1.807) is 0 Å². The number of nitrogens with one attached hydrogen (secondary N) is 2. The molecule has 206 valence electrons. The van der Waals surface area contributed by atoms with Crippen LogP contribution in [-0.2, 0) is 27.2 Å². The molecule has 8 heteroatoms. The standard InChI is InChI=1S/C30H40N2O4S2/c1-3-24(37-22-16-12-15-21(19-22)31-27(33)20-13-8-7-9-14-20)28(34)32-29-26(30(35)36-4-2)23-17-10-5-6-11-18-25(23)38-29/h12,15-16,19-20,24H,3-11,13-14,17-18H2,1-2H3,(H,31,33)(H,32,34). The number of thioether (sulfide) groups is 1. The second-order valence-corrected chi connectivity index (χ2v) is 12.6. The van der Waals surface area contributed by atoms with Gasteiger partial charge in [0.25, 0.3) is 0 Å². The summed E-state index contributed by atoms with van der Waals surface area (Å²) in [5, 5.41) is 6.46. The largest absolute Gasteiger partial charge is 0.462 e. The minimum Gasteiger partial charge on any atom is -0.462 e. The van der Waals surface area contributed by atoms with Gasteiger partial charge >= 0.3 is 5.97 Å². The molecule has 0 bridgehead atoms. The molecule has 2 aromatic rings. The van der Waals surface area contributed by atoms with Crippen LogP contribution < -0.4 is 10.6 Å². The average molecular weight is 557 g/mol. The fourth-order valence-electron chi connectivity index (χ4n) is 5.36. The highest BCUT2D eigenvalue weighted by molar-refractivity contribution is 8.00. The van der Waals surface area contributed by atoms with Crippen LogP contribution in [0.15, 0.2) is 29.2 Å². The zero-order chi connectivity index (χ0) is 26.9. The summed E-state index contributed by atoms with van der Waals surface area (Å²) < 4.78 is 5.39. The zero-order valence-electron chi connectivity index (χ0n) is 22.6. The van der Waals surface area contributed by atoms with Crippen LogP contribution in [0, 0.1) is 5.92 Å². The van der Waals surface area contributed by atoms with Crippen LogP contribution in [0.5, 0.6) is 0 Å². The Morgan fingerprint density at radius 3 is 2.47 bits per heavy atom. The maximum absolute atomic E-state index is 13.5. The first-order valence-electron chi connectivity index (χ1n) is 14.2. The van der Waals surface area contributed by atoms with E-state index in [0.717, 1.165) is 73.9 Å². The molecule has 1 unspecified atom stereocenters. The van der Waals surface area contributed by atoms with Gasteiger partial charge in [0.2, 0.25) is 11.8 Å². The van der Waals surface area contributed by atoms with Crippen LogP contribution >= 0.6 is 23.1 Å². The van der Waals surface area contributed by atoms with E-state index in [1.807, 2.05) is 38.1 Å². The molecule has 0 aliphatic heterocycles. The number of thiophene rings is 1. The fourth-order valence-corrected chi connectivity index (χ4v) is 7.66. The monoisotopic (exact) mass is 556 g/mol. The number of carbonyl (C=O) groups is 3. The summed E-state index contributed by atoms with van der Waals surface area (Å²) in [7, 11) is 0. The van der Waals surface area contributed by atoms with E-state index in [1.165, 1.54) is 40.8 Å².